The highest BCUT2D eigenvalue weighted by Gasteiger charge is 2.60. The molecule has 1 atom stereocenters. The predicted molar refractivity (Wildman–Crippen MR) is 103 cm³/mol. The molecule has 1 spiro atoms. The number of nitro groups is 1. The van der Waals surface area contributed by atoms with Crippen molar-refractivity contribution in [2.45, 2.75) is 25.8 Å². The lowest BCUT2D eigenvalue weighted by Gasteiger charge is -2.30. The van der Waals surface area contributed by atoms with Gasteiger partial charge in [-0.25, -0.2) is 9.91 Å². The molecule has 146 valence electrons. The van der Waals surface area contributed by atoms with E-state index in [1.54, 1.807) is 30.3 Å². The van der Waals surface area contributed by atoms with Gasteiger partial charge in [0.05, 0.1) is 16.3 Å². The first kappa shape index (κ1) is 18.5. The topological polar surface area (TPSA) is 113 Å². The zero-order valence-electron chi connectivity index (χ0n) is 15.7. The molecular weight excluding hydrogens is 376 g/mol. The quantitative estimate of drug-likeness (QED) is 0.575. The van der Waals surface area contributed by atoms with E-state index in [4.69, 9.17) is 0 Å². The minimum Gasteiger partial charge on any atom is -0.274 e. The molecule has 0 bridgehead atoms. The zero-order valence-corrected chi connectivity index (χ0v) is 15.7. The summed E-state index contributed by atoms with van der Waals surface area (Å²) in [6.45, 7) is 2.57. The second-order valence-corrected chi connectivity index (χ2v) is 6.90. The number of hydrogen-bond donors (Lipinski definition) is 0. The molecule has 4 rings (SSSR count). The van der Waals surface area contributed by atoms with Gasteiger partial charge in [0.15, 0.2) is 5.54 Å². The summed E-state index contributed by atoms with van der Waals surface area (Å²) in [5, 5.41) is 16.6. The number of imide groups is 1. The Bertz CT molecular complexity index is 1130. The first-order chi connectivity index (χ1) is 13.8. The molecule has 9 heteroatoms. The van der Waals surface area contributed by atoms with E-state index in [-0.39, 0.29) is 12.1 Å². The van der Waals surface area contributed by atoms with Crippen LogP contribution in [0.25, 0.3) is 0 Å². The van der Waals surface area contributed by atoms with Crippen LogP contribution in [0.2, 0.25) is 0 Å². The Kier molecular flexibility index (Phi) is 4.04. The molecular formula is C20H16N4O5. The summed E-state index contributed by atoms with van der Waals surface area (Å²) < 4.78 is 0. The summed E-state index contributed by atoms with van der Waals surface area (Å²) in [5.41, 5.74) is 0.0929. The minimum absolute atomic E-state index is 0.00732. The summed E-state index contributed by atoms with van der Waals surface area (Å²) in [6.07, 6.45) is 0.00732. The Balaban J connectivity index is 1.89. The lowest BCUT2D eigenvalue weighted by atomic mass is 9.85. The lowest BCUT2D eigenvalue weighted by Crippen LogP contribution is -2.51. The van der Waals surface area contributed by atoms with E-state index >= 15 is 0 Å². The van der Waals surface area contributed by atoms with Gasteiger partial charge in [0.1, 0.15) is 0 Å². The van der Waals surface area contributed by atoms with Gasteiger partial charge in [-0.3, -0.25) is 24.5 Å². The number of benzene rings is 2. The Hall–Kier alpha value is -3.88. The van der Waals surface area contributed by atoms with Gasteiger partial charge < -0.3 is 0 Å². The van der Waals surface area contributed by atoms with Crippen LogP contribution in [-0.4, -0.2) is 33.4 Å². The van der Waals surface area contributed by atoms with Crippen LogP contribution in [0.5, 0.6) is 0 Å². The number of hydrazone groups is 1. The van der Waals surface area contributed by atoms with Crippen molar-refractivity contribution in [3.05, 3.63) is 69.8 Å². The van der Waals surface area contributed by atoms with Crippen molar-refractivity contribution < 1.29 is 19.3 Å². The first-order valence-electron chi connectivity index (χ1n) is 8.85. The van der Waals surface area contributed by atoms with Crippen molar-refractivity contribution in [2.75, 3.05) is 4.90 Å². The number of carbonyl (C=O) groups excluding carboxylic acids is 3. The Morgan fingerprint density at radius 1 is 1.10 bits per heavy atom. The van der Waals surface area contributed by atoms with E-state index in [9.17, 15) is 24.5 Å². The number of nitro benzene ring substituents is 1. The molecule has 29 heavy (non-hydrogen) atoms. The predicted octanol–water partition coefficient (Wildman–Crippen LogP) is 2.34. The van der Waals surface area contributed by atoms with Gasteiger partial charge in [-0.15, -0.1) is 0 Å². The van der Waals surface area contributed by atoms with E-state index < -0.39 is 28.2 Å². The van der Waals surface area contributed by atoms with Crippen molar-refractivity contribution in [1.29, 1.82) is 0 Å². The smallest absolute Gasteiger partial charge is 0.270 e. The number of carbonyl (C=O) groups is 3. The summed E-state index contributed by atoms with van der Waals surface area (Å²) >= 11 is 0. The highest BCUT2D eigenvalue weighted by molar-refractivity contribution is 6.25. The van der Waals surface area contributed by atoms with E-state index in [1.807, 2.05) is 0 Å². The van der Waals surface area contributed by atoms with Crippen molar-refractivity contribution >= 4 is 34.8 Å². The number of para-hydroxylation sites is 1. The molecule has 0 fully saturated rings. The fourth-order valence-electron chi connectivity index (χ4n) is 3.97. The molecule has 2 aromatic rings. The Morgan fingerprint density at radius 2 is 1.83 bits per heavy atom. The zero-order chi connectivity index (χ0) is 20.9. The van der Waals surface area contributed by atoms with Crippen LogP contribution in [0.15, 0.2) is 53.6 Å². The van der Waals surface area contributed by atoms with Crippen LogP contribution in [-0.2, 0) is 19.9 Å². The van der Waals surface area contributed by atoms with Crippen LogP contribution >= 0.6 is 0 Å². The highest BCUT2D eigenvalue weighted by Crippen LogP contribution is 2.50. The molecule has 2 aromatic carbocycles. The van der Waals surface area contributed by atoms with Gasteiger partial charge in [0, 0.05) is 43.5 Å². The minimum atomic E-state index is -1.49. The average Bonchev–Trinajstić information content (AvgIpc) is 3.20. The second-order valence-electron chi connectivity index (χ2n) is 6.90. The summed E-state index contributed by atoms with van der Waals surface area (Å²) in [7, 11) is 0. The molecule has 2 aliphatic rings. The molecule has 2 aliphatic heterocycles. The van der Waals surface area contributed by atoms with Crippen LogP contribution in [0, 0.1) is 10.1 Å². The number of hydrogen-bond acceptors (Lipinski definition) is 6. The van der Waals surface area contributed by atoms with Gasteiger partial charge in [-0.1, -0.05) is 30.3 Å². The molecule has 0 N–H and O–H groups in total. The van der Waals surface area contributed by atoms with Gasteiger partial charge in [0.25, 0.3) is 11.6 Å². The van der Waals surface area contributed by atoms with Gasteiger partial charge in [-0.2, -0.15) is 5.10 Å². The molecule has 0 saturated heterocycles. The molecule has 0 aromatic heterocycles. The standard InChI is InChI=1S/C20H16N4O5/c1-12(25)22-18-9-4-3-8-16(18)20(19(22)27)11-17(21-23(20)13(2)26)14-6-5-7-15(10-14)24(28)29/h3-10H,11H2,1-2H3. The maximum Gasteiger partial charge on any atom is 0.270 e. The Labute approximate surface area is 165 Å². The van der Waals surface area contributed by atoms with Crippen molar-refractivity contribution in [2.24, 2.45) is 5.10 Å². The number of rotatable bonds is 2. The molecule has 3 amide bonds. The second kappa shape index (κ2) is 6.33. The fourth-order valence-corrected chi connectivity index (χ4v) is 3.97. The molecule has 9 nitrogen and oxygen atoms in total. The highest BCUT2D eigenvalue weighted by atomic mass is 16.6. The lowest BCUT2D eigenvalue weighted by molar-refractivity contribution is -0.384. The van der Waals surface area contributed by atoms with Crippen LogP contribution in [0.1, 0.15) is 31.4 Å². The van der Waals surface area contributed by atoms with E-state index in [1.165, 1.54) is 32.0 Å². The molecule has 0 saturated carbocycles. The van der Waals surface area contributed by atoms with Crippen molar-refractivity contribution in [1.82, 2.24) is 5.01 Å². The summed E-state index contributed by atoms with van der Waals surface area (Å²) in [6, 6.07) is 12.6. The van der Waals surface area contributed by atoms with E-state index in [0.717, 1.165) is 9.91 Å². The van der Waals surface area contributed by atoms with Gasteiger partial charge in [0.2, 0.25) is 11.8 Å². The number of anilines is 1. The number of fused-ring (bicyclic) bond motifs is 2. The molecule has 2 heterocycles. The van der Waals surface area contributed by atoms with Crippen molar-refractivity contribution in [3.63, 3.8) is 0 Å². The molecule has 1 unspecified atom stereocenters. The first-order valence-corrected chi connectivity index (χ1v) is 8.85. The summed E-state index contributed by atoms with van der Waals surface area (Å²) in [5.74, 6) is -1.50. The normalized spacial score (nSPS) is 20.1. The molecule has 0 aliphatic carbocycles. The van der Waals surface area contributed by atoms with Crippen LogP contribution in [0.4, 0.5) is 11.4 Å². The number of amides is 3. The third kappa shape index (κ3) is 2.54. The average molecular weight is 392 g/mol. The molecule has 0 radical (unpaired) electrons. The van der Waals surface area contributed by atoms with Crippen LogP contribution in [0.3, 0.4) is 0 Å². The maximum atomic E-state index is 13.4. The fraction of sp³-hybridized carbons (Fsp3) is 0.200. The van der Waals surface area contributed by atoms with E-state index in [2.05, 4.69) is 5.10 Å². The van der Waals surface area contributed by atoms with E-state index in [0.29, 0.717) is 22.5 Å². The van der Waals surface area contributed by atoms with Crippen molar-refractivity contribution in [3.8, 4) is 0 Å². The van der Waals surface area contributed by atoms with Crippen LogP contribution < -0.4 is 4.90 Å². The third-order valence-electron chi connectivity index (χ3n) is 5.16. The van der Waals surface area contributed by atoms with Gasteiger partial charge in [-0.05, 0) is 6.07 Å². The third-order valence-corrected chi connectivity index (χ3v) is 5.16. The maximum absolute atomic E-state index is 13.4. The monoisotopic (exact) mass is 392 g/mol. The Morgan fingerprint density at radius 3 is 2.48 bits per heavy atom. The largest absolute Gasteiger partial charge is 0.274 e. The van der Waals surface area contributed by atoms with Gasteiger partial charge >= 0.3 is 0 Å². The summed E-state index contributed by atoms with van der Waals surface area (Å²) in [4.78, 5) is 49.7. The SMILES string of the molecule is CC(=O)N1C(=O)C2(CC(c3cccc([N+](=O)[O-])c3)=NN2C(C)=O)c2ccccc21. The number of nitrogens with zero attached hydrogens (tertiary/aromatic N) is 4. The number of non-ortho nitro benzene ring substituents is 1.